The van der Waals surface area contributed by atoms with Crippen LogP contribution >= 0.6 is 22.9 Å². The Kier molecular flexibility index (Phi) is 5.58. The van der Waals surface area contributed by atoms with E-state index in [0.29, 0.717) is 16.4 Å². The zero-order valence-electron chi connectivity index (χ0n) is 14.0. The molecule has 0 aliphatic carbocycles. The minimum atomic E-state index is -0.0800. The average Bonchev–Trinajstić information content (AvgIpc) is 3.27. The van der Waals surface area contributed by atoms with Gasteiger partial charge in [-0.3, -0.25) is 9.69 Å². The number of carbonyl (C=O) groups excluding carboxylic acids is 1. The van der Waals surface area contributed by atoms with Crippen LogP contribution in [0.1, 0.15) is 21.5 Å². The molecule has 1 N–H and O–H groups in total. The number of benzene rings is 1. The lowest BCUT2D eigenvalue weighted by Crippen LogP contribution is -2.34. The molecule has 3 rings (SSSR count). The van der Waals surface area contributed by atoms with E-state index in [9.17, 15) is 4.79 Å². The molecule has 0 bridgehead atoms. The molecule has 0 fully saturated rings. The van der Waals surface area contributed by atoms with E-state index in [1.807, 2.05) is 67.5 Å². The molecule has 0 saturated heterocycles. The number of halogens is 1. The van der Waals surface area contributed by atoms with Crippen molar-refractivity contribution in [1.29, 1.82) is 0 Å². The first kappa shape index (κ1) is 17.7. The molecule has 6 heteroatoms. The molecule has 0 spiro atoms. The number of amides is 1. The molecule has 0 aliphatic heterocycles. The van der Waals surface area contributed by atoms with Crippen LogP contribution in [0.25, 0.3) is 10.4 Å². The maximum atomic E-state index is 12.5. The predicted molar refractivity (Wildman–Crippen MR) is 102 cm³/mol. The van der Waals surface area contributed by atoms with Crippen molar-refractivity contribution in [2.45, 2.75) is 6.04 Å². The number of likely N-dealkylation sites (N-methyl/N-ethyl adjacent to an activating group) is 1. The molecule has 0 saturated carbocycles. The zero-order chi connectivity index (χ0) is 17.8. The van der Waals surface area contributed by atoms with Crippen molar-refractivity contribution in [3.05, 3.63) is 70.5 Å². The molecular formula is C19H19ClN2O2S. The number of thiophene rings is 1. The summed E-state index contributed by atoms with van der Waals surface area (Å²) in [6.45, 7) is 0.480. The third-order valence-corrected chi connectivity index (χ3v) is 5.29. The zero-order valence-corrected chi connectivity index (χ0v) is 15.6. The summed E-state index contributed by atoms with van der Waals surface area (Å²) in [5.41, 5.74) is 1.05. The van der Waals surface area contributed by atoms with Crippen LogP contribution in [0.4, 0.5) is 0 Å². The average molecular weight is 375 g/mol. The highest BCUT2D eigenvalue weighted by molar-refractivity contribution is 7.17. The van der Waals surface area contributed by atoms with Crippen molar-refractivity contribution in [1.82, 2.24) is 10.2 Å². The van der Waals surface area contributed by atoms with Crippen molar-refractivity contribution in [2.24, 2.45) is 0 Å². The molecule has 130 valence electrons. The Labute approximate surface area is 156 Å². The smallest absolute Gasteiger partial charge is 0.261 e. The van der Waals surface area contributed by atoms with E-state index in [1.165, 1.54) is 11.3 Å². The highest BCUT2D eigenvalue weighted by atomic mass is 35.5. The molecule has 1 aromatic carbocycles. The van der Waals surface area contributed by atoms with Crippen LogP contribution in [0.3, 0.4) is 0 Å². The van der Waals surface area contributed by atoms with Gasteiger partial charge < -0.3 is 9.73 Å². The highest BCUT2D eigenvalue weighted by Crippen LogP contribution is 2.29. The lowest BCUT2D eigenvalue weighted by Gasteiger charge is -2.22. The molecule has 1 unspecified atom stereocenters. The number of nitrogens with one attached hydrogen (secondary N) is 1. The van der Waals surface area contributed by atoms with Gasteiger partial charge in [0.15, 0.2) is 0 Å². The topological polar surface area (TPSA) is 45.5 Å². The van der Waals surface area contributed by atoms with Gasteiger partial charge in [-0.05, 0) is 56.1 Å². The molecule has 2 aromatic heterocycles. The number of nitrogens with zero attached hydrogens (tertiary/aromatic N) is 1. The SMILES string of the molecule is CN(C)C(CNC(=O)c1ccc(-c2ccc(Cl)cc2)s1)c1ccco1. The summed E-state index contributed by atoms with van der Waals surface area (Å²) in [5.74, 6) is 0.752. The van der Waals surface area contributed by atoms with Crippen molar-refractivity contribution >= 4 is 28.8 Å². The number of furan rings is 1. The fourth-order valence-electron chi connectivity index (χ4n) is 2.52. The second-order valence-corrected chi connectivity index (χ2v) is 7.40. The third-order valence-electron chi connectivity index (χ3n) is 3.91. The van der Waals surface area contributed by atoms with E-state index in [4.69, 9.17) is 16.0 Å². The maximum absolute atomic E-state index is 12.5. The summed E-state index contributed by atoms with van der Waals surface area (Å²) in [6.07, 6.45) is 1.64. The quantitative estimate of drug-likeness (QED) is 0.680. The highest BCUT2D eigenvalue weighted by Gasteiger charge is 2.19. The van der Waals surface area contributed by atoms with Crippen LogP contribution in [0.2, 0.25) is 5.02 Å². The first-order valence-corrected chi connectivity index (χ1v) is 9.08. The van der Waals surface area contributed by atoms with E-state index in [0.717, 1.165) is 16.2 Å². The van der Waals surface area contributed by atoms with Crippen molar-refractivity contribution in [3.63, 3.8) is 0 Å². The van der Waals surface area contributed by atoms with Crippen LogP contribution in [-0.4, -0.2) is 31.4 Å². The largest absolute Gasteiger partial charge is 0.468 e. The lowest BCUT2D eigenvalue weighted by atomic mass is 10.2. The maximum Gasteiger partial charge on any atom is 0.261 e. The Morgan fingerprint density at radius 2 is 1.96 bits per heavy atom. The fraction of sp³-hybridized carbons (Fsp3) is 0.211. The van der Waals surface area contributed by atoms with Gasteiger partial charge in [0.2, 0.25) is 0 Å². The van der Waals surface area contributed by atoms with Gasteiger partial charge in [-0.25, -0.2) is 0 Å². The summed E-state index contributed by atoms with van der Waals surface area (Å²) in [7, 11) is 3.92. The van der Waals surface area contributed by atoms with Crippen molar-refractivity contribution in [3.8, 4) is 10.4 Å². The van der Waals surface area contributed by atoms with Gasteiger partial charge in [0.25, 0.3) is 5.91 Å². The molecule has 2 heterocycles. The molecule has 25 heavy (non-hydrogen) atoms. The monoisotopic (exact) mass is 374 g/mol. The van der Waals surface area contributed by atoms with Crippen LogP contribution < -0.4 is 5.32 Å². The molecule has 1 amide bonds. The Morgan fingerprint density at radius 1 is 1.20 bits per heavy atom. The van der Waals surface area contributed by atoms with Crippen molar-refractivity contribution in [2.75, 3.05) is 20.6 Å². The predicted octanol–water partition coefficient (Wildman–Crippen LogP) is 4.69. The first-order chi connectivity index (χ1) is 12.0. The molecule has 1 atom stereocenters. The second kappa shape index (κ2) is 7.87. The van der Waals surface area contributed by atoms with E-state index in [-0.39, 0.29) is 11.9 Å². The fourth-order valence-corrected chi connectivity index (χ4v) is 3.58. The van der Waals surface area contributed by atoms with Crippen LogP contribution in [0.5, 0.6) is 0 Å². The van der Waals surface area contributed by atoms with Gasteiger partial charge in [-0.1, -0.05) is 23.7 Å². The van der Waals surface area contributed by atoms with E-state index in [2.05, 4.69) is 5.32 Å². The first-order valence-electron chi connectivity index (χ1n) is 7.88. The number of hydrogen-bond acceptors (Lipinski definition) is 4. The second-order valence-electron chi connectivity index (χ2n) is 5.88. The van der Waals surface area contributed by atoms with Gasteiger partial charge in [0.1, 0.15) is 5.76 Å². The summed E-state index contributed by atoms with van der Waals surface area (Å²) in [4.78, 5) is 16.2. The van der Waals surface area contributed by atoms with Gasteiger partial charge in [-0.15, -0.1) is 11.3 Å². The number of hydrogen-bond donors (Lipinski definition) is 1. The van der Waals surface area contributed by atoms with E-state index < -0.39 is 0 Å². The van der Waals surface area contributed by atoms with E-state index >= 15 is 0 Å². The number of rotatable bonds is 6. The van der Waals surface area contributed by atoms with Crippen molar-refractivity contribution < 1.29 is 9.21 Å². The summed E-state index contributed by atoms with van der Waals surface area (Å²) < 4.78 is 5.47. The molecular weight excluding hydrogens is 356 g/mol. The van der Waals surface area contributed by atoms with Gasteiger partial charge >= 0.3 is 0 Å². The molecule has 0 aliphatic rings. The molecule has 3 aromatic rings. The molecule has 0 radical (unpaired) electrons. The normalized spacial score (nSPS) is 12.3. The third kappa shape index (κ3) is 4.31. The van der Waals surface area contributed by atoms with Gasteiger partial charge in [0.05, 0.1) is 17.2 Å². The van der Waals surface area contributed by atoms with Crippen LogP contribution in [0, 0.1) is 0 Å². The lowest BCUT2D eigenvalue weighted by molar-refractivity contribution is 0.0943. The van der Waals surface area contributed by atoms with Gasteiger partial charge in [-0.2, -0.15) is 0 Å². The summed E-state index contributed by atoms with van der Waals surface area (Å²) in [6, 6.07) is 15.2. The Balaban J connectivity index is 1.66. The summed E-state index contributed by atoms with van der Waals surface area (Å²) in [5, 5.41) is 3.69. The van der Waals surface area contributed by atoms with Gasteiger partial charge in [0, 0.05) is 16.4 Å². The van der Waals surface area contributed by atoms with E-state index in [1.54, 1.807) is 6.26 Å². The number of carbonyl (C=O) groups is 1. The Bertz CT molecular complexity index is 825. The minimum Gasteiger partial charge on any atom is -0.468 e. The van der Waals surface area contributed by atoms with Crippen LogP contribution in [-0.2, 0) is 0 Å². The standard InChI is InChI=1S/C19H19ClN2O2S/c1-22(2)15(16-4-3-11-24-16)12-21-19(23)18-10-9-17(25-18)13-5-7-14(20)8-6-13/h3-11,15H,12H2,1-2H3,(H,21,23). The summed E-state index contributed by atoms with van der Waals surface area (Å²) >= 11 is 7.39. The Hall–Kier alpha value is -2.08. The molecule has 4 nitrogen and oxygen atoms in total. The van der Waals surface area contributed by atoms with Crippen LogP contribution in [0.15, 0.2) is 59.2 Å². The minimum absolute atomic E-state index is 0.00496. The Morgan fingerprint density at radius 3 is 2.60 bits per heavy atom.